The summed E-state index contributed by atoms with van der Waals surface area (Å²) in [5.74, 6) is 1.15. The van der Waals surface area contributed by atoms with Crippen LogP contribution in [0.5, 0.6) is 5.75 Å². The van der Waals surface area contributed by atoms with Crippen molar-refractivity contribution in [3.05, 3.63) is 48.1 Å². The average Bonchev–Trinajstić information content (AvgIpc) is 3.32. The van der Waals surface area contributed by atoms with E-state index in [4.69, 9.17) is 9.26 Å². The van der Waals surface area contributed by atoms with Crippen molar-refractivity contribution in [3.8, 4) is 17.1 Å². The summed E-state index contributed by atoms with van der Waals surface area (Å²) in [7, 11) is 5.10. The van der Waals surface area contributed by atoms with E-state index < -0.39 is 12.1 Å². The molecule has 0 aliphatic carbocycles. The van der Waals surface area contributed by atoms with E-state index in [9.17, 15) is 4.79 Å². The molecule has 9 nitrogen and oxygen atoms in total. The lowest BCUT2D eigenvalue weighted by Gasteiger charge is -2.16. The number of halogens is 1. The van der Waals surface area contributed by atoms with E-state index in [1.807, 2.05) is 24.3 Å². The van der Waals surface area contributed by atoms with E-state index in [1.165, 1.54) is 0 Å². The van der Waals surface area contributed by atoms with Crippen LogP contribution in [0.1, 0.15) is 30.5 Å². The van der Waals surface area contributed by atoms with Crippen molar-refractivity contribution < 1.29 is 14.1 Å². The number of ether oxygens (including phenoxy) is 1. The van der Waals surface area contributed by atoms with Crippen LogP contribution in [0.25, 0.3) is 11.4 Å². The standard InChI is InChI=1S/C18H22N6O3.ClH/c1-11(21-17(25)15(19-2)12-9-20-24(3)10-12)18-22-16(23-27-18)13-7-5-6-8-14(13)26-4;/h5-11,15,19H,1-4H3,(H,21,25);1H. The zero-order valence-electron chi connectivity index (χ0n) is 16.0. The van der Waals surface area contributed by atoms with E-state index in [0.29, 0.717) is 17.5 Å². The van der Waals surface area contributed by atoms with Crippen LogP contribution < -0.4 is 15.4 Å². The largest absolute Gasteiger partial charge is 0.496 e. The number of carbonyl (C=O) groups excluding carboxylic acids is 1. The van der Waals surface area contributed by atoms with Gasteiger partial charge in [-0.2, -0.15) is 10.1 Å². The van der Waals surface area contributed by atoms with Gasteiger partial charge in [-0.3, -0.25) is 9.48 Å². The number of aromatic nitrogens is 4. The van der Waals surface area contributed by atoms with Crippen LogP contribution in [-0.4, -0.2) is 40.0 Å². The molecule has 1 amide bonds. The van der Waals surface area contributed by atoms with Crippen LogP contribution in [0.2, 0.25) is 0 Å². The van der Waals surface area contributed by atoms with Gasteiger partial charge in [-0.05, 0) is 26.1 Å². The lowest BCUT2D eigenvalue weighted by Crippen LogP contribution is -2.37. The number of hydrogen-bond donors (Lipinski definition) is 2. The molecular formula is C18H23ClN6O3. The number of benzene rings is 1. The molecule has 3 aromatic rings. The zero-order chi connectivity index (χ0) is 19.4. The van der Waals surface area contributed by atoms with Crippen LogP contribution in [0.15, 0.2) is 41.2 Å². The Morgan fingerprint density at radius 3 is 2.71 bits per heavy atom. The second-order valence-corrected chi connectivity index (χ2v) is 6.06. The topological polar surface area (TPSA) is 107 Å². The van der Waals surface area contributed by atoms with Gasteiger partial charge >= 0.3 is 0 Å². The summed E-state index contributed by atoms with van der Waals surface area (Å²) in [6.45, 7) is 1.79. The smallest absolute Gasteiger partial charge is 0.249 e. The molecule has 0 aliphatic rings. The van der Waals surface area contributed by atoms with Crippen molar-refractivity contribution in [1.82, 2.24) is 30.6 Å². The molecule has 1 aromatic carbocycles. The number of rotatable bonds is 7. The molecule has 0 bridgehead atoms. The minimum Gasteiger partial charge on any atom is -0.496 e. The third kappa shape index (κ3) is 4.49. The molecule has 2 unspecified atom stereocenters. The SMILES string of the molecule is CNC(C(=O)NC(C)c1nc(-c2ccccc2OC)no1)c1cnn(C)c1.Cl. The fourth-order valence-corrected chi connectivity index (χ4v) is 2.75. The third-order valence-corrected chi connectivity index (χ3v) is 4.13. The molecule has 28 heavy (non-hydrogen) atoms. The predicted octanol–water partition coefficient (Wildman–Crippen LogP) is 2.04. The van der Waals surface area contributed by atoms with Crippen molar-refractivity contribution in [2.24, 2.45) is 7.05 Å². The van der Waals surface area contributed by atoms with Crippen molar-refractivity contribution in [3.63, 3.8) is 0 Å². The van der Waals surface area contributed by atoms with E-state index in [-0.39, 0.29) is 18.3 Å². The van der Waals surface area contributed by atoms with Gasteiger partial charge in [0.05, 0.1) is 18.9 Å². The first-order chi connectivity index (χ1) is 13.0. The zero-order valence-corrected chi connectivity index (χ0v) is 16.9. The normalized spacial score (nSPS) is 12.7. The number of nitrogens with zero attached hydrogens (tertiary/aromatic N) is 4. The molecule has 2 N–H and O–H groups in total. The fraction of sp³-hybridized carbons (Fsp3) is 0.333. The maximum absolute atomic E-state index is 12.6. The van der Waals surface area contributed by atoms with Gasteiger partial charge in [0.2, 0.25) is 17.6 Å². The number of nitrogens with one attached hydrogen (secondary N) is 2. The first kappa shape index (κ1) is 21.4. The van der Waals surface area contributed by atoms with E-state index in [2.05, 4.69) is 25.9 Å². The Bertz CT molecular complexity index is 925. The van der Waals surface area contributed by atoms with Gasteiger partial charge in [0.15, 0.2) is 0 Å². The second-order valence-electron chi connectivity index (χ2n) is 6.06. The molecule has 10 heteroatoms. The van der Waals surface area contributed by atoms with Gasteiger partial charge < -0.3 is 19.9 Å². The molecule has 0 saturated carbocycles. The summed E-state index contributed by atoms with van der Waals surface area (Å²) in [5.41, 5.74) is 1.49. The number of likely N-dealkylation sites (N-methyl/N-ethyl adjacent to an activating group) is 1. The number of aryl methyl sites for hydroxylation is 1. The van der Waals surface area contributed by atoms with E-state index in [0.717, 1.165) is 11.1 Å². The fourth-order valence-electron chi connectivity index (χ4n) is 2.75. The summed E-state index contributed by atoms with van der Waals surface area (Å²) in [5, 5.41) is 14.0. The summed E-state index contributed by atoms with van der Waals surface area (Å²) in [4.78, 5) is 17.0. The van der Waals surface area contributed by atoms with Gasteiger partial charge in [0.1, 0.15) is 17.8 Å². The first-order valence-corrected chi connectivity index (χ1v) is 8.46. The van der Waals surface area contributed by atoms with Crippen molar-refractivity contribution in [2.75, 3.05) is 14.2 Å². The number of hydrogen-bond acceptors (Lipinski definition) is 7. The highest BCUT2D eigenvalue weighted by Crippen LogP contribution is 2.28. The Morgan fingerprint density at radius 1 is 1.32 bits per heavy atom. The van der Waals surface area contributed by atoms with Crippen molar-refractivity contribution in [1.29, 1.82) is 0 Å². The molecule has 2 heterocycles. The molecule has 0 spiro atoms. The summed E-state index contributed by atoms with van der Waals surface area (Å²) in [6.07, 6.45) is 3.44. The predicted molar refractivity (Wildman–Crippen MR) is 105 cm³/mol. The Balaban J connectivity index is 0.00000280. The first-order valence-electron chi connectivity index (χ1n) is 8.46. The summed E-state index contributed by atoms with van der Waals surface area (Å²) >= 11 is 0. The lowest BCUT2D eigenvalue weighted by molar-refractivity contribution is -0.124. The molecule has 0 radical (unpaired) electrons. The highest BCUT2D eigenvalue weighted by atomic mass is 35.5. The van der Waals surface area contributed by atoms with Crippen molar-refractivity contribution in [2.45, 2.75) is 19.0 Å². The van der Waals surface area contributed by atoms with Crippen LogP contribution in [0, 0.1) is 0 Å². The molecule has 2 atom stereocenters. The maximum atomic E-state index is 12.6. The molecule has 2 aromatic heterocycles. The van der Waals surface area contributed by atoms with Gasteiger partial charge in [0, 0.05) is 18.8 Å². The monoisotopic (exact) mass is 406 g/mol. The molecular weight excluding hydrogens is 384 g/mol. The second kappa shape index (κ2) is 9.34. The number of carbonyl (C=O) groups is 1. The molecule has 150 valence electrons. The molecule has 0 fully saturated rings. The van der Waals surface area contributed by atoms with Crippen molar-refractivity contribution >= 4 is 18.3 Å². The van der Waals surface area contributed by atoms with Crippen LogP contribution in [0.3, 0.4) is 0 Å². The van der Waals surface area contributed by atoms with Gasteiger partial charge in [0.25, 0.3) is 0 Å². The number of para-hydroxylation sites is 1. The summed E-state index contributed by atoms with van der Waals surface area (Å²) in [6, 6.07) is 6.41. The van der Waals surface area contributed by atoms with Crippen LogP contribution in [0.4, 0.5) is 0 Å². The molecule has 0 aliphatic heterocycles. The molecule has 0 saturated heterocycles. The quantitative estimate of drug-likeness (QED) is 0.618. The van der Waals surface area contributed by atoms with E-state index >= 15 is 0 Å². The third-order valence-electron chi connectivity index (χ3n) is 4.13. The van der Waals surface area contributed by atoms with Gasteiger partial charge in [-0.25, -0.2) is 0 Å². The number of methoxy groups -OCH3 is 1. The minimum absolute atomic E-state index is 0. The molecule has 3 rings (SSSR count). The highest BCUT2D eigenvalue weighted by Gasteiger charge is 2.24. The van der Waals surface area contributed by atoms with Crippen LogP contribution in [-0.2, 0) is 11.8 Å². The average molecular weight is 407 g/mol. The summed E-state index contributed by atoms with van der Waals surface area (Å²) < 4.78 is 12.3. The number of amides is 1. The van der Waals surface area contributed by atoms with Crippen LogP contribution >= 0.6 is 12.4 Å². The highest BCUT2D eigenvalue weighted by molar-refractivity contribution is 5.85. The van der Waals surface area contributed by atoms with Gasteiger partial charge in [-0.15, -0.1) is 12.4 Å². The Morgan fingerprint density at radius 2 is 2.07 bits per heavy atom. The lowest BCUT2D eigenvalue weighted by atomic mass is 10.1. The Hall–Kier alpha value is -2.91. The maximum Gasteiger partial charge on any atom is 0.249 e. The van der Waals surface area contributed by atoms with E-state index in [1.54, 1.807) is 45.2 Å². The Labute approximate surface area is 168 Å². The Kier molecular flexibility index (Phi) is 7.13. The van der Waals surface area contributed by atoms with Gasteiger partial charge in [-0.1, -0.05) is 17.3 Å². The minimum atomic E-state index is -0.530.